The van der Waals surface area contributed by atoms with Gasteiger partial charge in [-0.1, -0.05) is 29.3 Å². The first-order valence-electron chi connectivity index (χ1n) is 7.26. The third-order valence-corrected chi connectivity index (χ3v) is 4.81. The van der Waals surface area contributed by atoms with Crippen molar-refractivity contribution >= 4 is 51.8 Å². The van der Waals surface area contributed by atoms with Crippen LogP contribution in [0, 0.1) is 0 Å². The molecule has 124 valence electrons. The van der Waals surface area contributed by atoms with Gasteiger partial charge >= 0.3 is 0 Å². The monoisotopic (exact) mass is 388 g/mol. The molecular weight excluding hydrogens is 379 g/mol. The number of rotatable bonds is 3. The number of halogens is 2. The maximum absolute atomic E-state index is 12.5. The van der Waals surface area contributed by atoms with Gasteiger partial charge in [0.05, 0.1) is 10.6 Å². The zero-order valence-electron chi connectivity index (χ0n) is 12.6. The summed E-state index contributed by atoms with van der Waals surface area (Å²) in [4.78, 5) is 17.8. The lowest BCUT2D eigenvalue weighted by molar-refractivity contribution is 0.102. The smallest absolute Gasteiger partial charge is 0.276 e. The van der Waals surface area contributed by atoms with Crippen molar-refractivity contribution in [3.63, 3.8) is 0 Å². The van der Waals surface area contributed by atoms with Gasteiger partial charge in [-0.05, 0) is 35.7 Å². The molecular formula is C17H10Cl2N4OS. The Balaban J connectivity index is 1.70. The van der Waals surface area contributed by atoms with E-state index >= 15 is 0 Å². The molecule has 1 N–H and O–H groups in total. The van der Waals surface area contributed by atoms with Gasteiger partial charge in [-0.2, -0.15) is 5.10 Å². The van der Waals surface area contributed by atoms with E-state index in [1.165, 1.54) is 0 Å². The topological polar surface area (TPSA) is 59.3 Å². The van der Waals surface area contributed by atoms with Crippen molar-refractivity contribution in [1.82, 2.24) is 14.6 Å². The quantitative estimate of drug-likeness (QED) is 0.536. The van der Waals surface area contributed by atoms with Crippen molar-refractivity contribution in [3.8, 4) is 10.6 Å². The van der Waals surface area contributed by atoms with E-state index in [1.807, 2.05) is 23.6 Å². The number of nitrogens with one attached hydrogen (secondary N) is 1. The molecule has 0 bridgehead atoms. The summed E-state index contributed by atoms with van der Waals surface area (Å²) < 4.78 is 1.66. The summed E-state index contributed by atoms with van der Waals surface area (Å²) in [7, 11) is 0. The summed E-state index contributed by atoms with van der Waals surface area (Å²) in [5, 5.41) is 10.0. The second kappa shape index (κ2) is 6.48. The molecule has 3 heterocycles. The zero-order chi connectivity index (χ0) is 17.4. The normalized spacial score (nSPS) is 11.0. The Labute approximate surface area is 156 Å². The largest absolute Gasteiger partial charge is 0.320 e. The number of fused-ring (bicyclic) bond motifs is 1. The first-order valence-corrected chi connectivity index (χ1v) is 8.90. The minimum Gasteiger partial charge on any atom is -0.320 e. The first kappa shape index (κ1) is 16.1. The number of benzene rings is 1. The average Bonchev–Trinajstić information content (AvgIpc) is 3.23. The van der Waals surface area contributed by atoms with Crippen LogP contribution >= 0.6 is 34.5 Å². The molecule has 5 nitrogen and oxygen atoms in total. The highest BCUT2D eigenvalue weighted by molar-refractivity contribution is 7.13. The number of hydrogen-bond donors (Lipinski definition) is 1. The van der Waals surface area contributed by atoms with Crippen LogP contribution in [0.5, 0.6) is 0 Å². The lowest BCUT2D eigenvalue weighted by Gasteiger charge is -2.04. The maximum atomic E-state index is 12.5. The fourth-order valence-corrected chi connectivity index (χ4v) is 3.70. The number of carbonyl (C=O) groups is 1. The van der Waals surface area contributed by atoms with Crippen molar-refractivity contribution < 1.29 is 4.79 Å². The Bertz CT molecular complexity index is 1060. The first-order chi connectivity index (χ1) is 12.1. The molecule has 0 atom stereocenters. The predicted molar refractivity (Wildman–Crippen MR) is 101 cm³/mol. The molecule has 0 aliphatic heterocycles. The number of thiophene rings is 1. The van der Waals surface area contributed by atoms with Crippen LogP contribution in [0.15, 0.2) is 54.0 Å². The molecule has 8 heteroatoms. The van der Waals surface area contributed by atoms with Crippen LogP contribution in [0.25, 0.3) is 16.2 Å². The Morgan fingerprint density at radius 2 is 1.92 bits per heavy atom. The Morgan fingerprint density at radius 1 is 1.12 bits per heavy atom. The number of aromatic nitrogens is 3. The van der Waals surface area contributed by atoms with Gasteiger partial charge in [-0.25, -0.2) is 9.50 Å². The molecule has 1 aromatic carbocycles. The molecule has 0 saturated heterocycles. The fraction of sp³-hybridized carbons (Fsp3) is 0. The van der Waals surface area contributed by atoms with Crippen LogP contribution in [0.4, 0.5) is 5.69 Å². The van der Waals surface area contributed by atoms with Crippen molar-refractivity contribution in [1.29, 1.82) is 0 Å². The minimum atomic E-state index is -0.360. The van der Waals surface area contributed by atoms with Crippen molar-refractivity contribution in [3.05, 3.63) is 69.8 Å². The summed E-state index contributed by atoms with van der Waals surface area (Å²) in [5.41, 5.74) is 2.24. The van der Waals surface area contributed by atoms with Crippen LogP contribution in [-0.4, -0.2) is 20.5 Å². The molecule has 0 aliphatic carbocycles. The van der Waals surface area contributed by atoms with E-state index in [0.29, 0.717) is 21.4 Å². The molecule has 4 rings (SSSR count). The molecule has 0 fully saturated rings. The van der Waals surface area contributed by atoms with Gasteiger partial charge in [0.25, 0.3) is 5.91 Å². The van der Waals surface area contributed by atoms with E-state index in [4.69, 9.17) is 23.2 Å². The molecule has 0 radical (unpaired) electrons. The maximum Gasteiger partial charge on any atom is 0.276 e. The lowest BCUT2D eigenvalue weighted by Crippen LogP contribution is -2.12. The van der Waals surface area contributed by atoms with E-state index < -0.39 is 0 Å². The van der Waals surface area contributed by atoms with E-state index in [9.17, 15) is 4.79 Å². The van der Waals surface area contributed by atoms with Crippen LogP contribution < -0.4 is 5.32 Å². The van der Waals surface area contributed by atoms with Gasteiger partial charge < -0.3 is 5.32 Å². The van der Waals surface area contributed by atoms with Crippen LogP contribution in [0.2, 0.25) is 10.0 Å². The van der Waals surface area contributed by atoms with E-state index in [0.717, 1.165) is 10.6 Å². The number of nitrogens with zero attached hydrogens (tertiary/aromatic N) is 3. The number of anilines is 1. The predicted octanol–water partition coefficient (Wildman–Crippen LogP) is 5.02. The Morgan fingerprint density at radius 3 is 2.64 bits per heavy atom. The van der Waals surface area contributed by atoms with Gasteiger partial charge in [0.1, 0.15) is 0 Å². The molecule has 0 unspecified atom stereocenters. The number of amides is 1. The lowest BCUT2D eigenvalue weighted by atomic mass is 10.3. The molecule has 1 amide bonds. The Hall–Kier alpha value is -2.41. The summed E-state index contributed by atoms with van der Waals surface area (Å²) >= 11 is 13.5. The summed E-state index contributed by atoms with van der Waals surface area (Å²) in [6.07, 6.45) is 1.70. The van der Waals surface area contributed by atoms with E-state index in [1.54, 1.807) is 46.3 Å². The fourth-order valence-electron chi connectivity index (χ4n) is 2.44. The SMILES string of the molecule is O=C(Nc1cc(Cl)cc(Cl)c1)c1cc2nccc(-c3cccs3)n2n1. The minimum absolute atomic E-state index is 0.257. The van der Waals surface area contributed by atoms with Gasteiger partial charge in [-0.15, -0.1) is 11.3 Å². The summed E-state index contributed by atoms with van der Waals surface area (Å²) in [6, 6.07) is 12.3. The van der Waals surface area contributed by atoms with Crippen LogP contribution in [-0.2, 0) is 0 Å². The molecule has 25 heavy (non-hydrogen) atoms. The van der Waals surface area contributed by atoms with Crippen molar-refractivity contribution in [2.45, 2.75) is 0 Å². The second-order valence-corrected chi connectivity index (χ2v) is 7.04. The van der Waals surface area contributed by atoms with Gasteiger partial charge in [0, 0.05) is 28.0 Å². The van der Waals surface area contributed by atoms with Gasteiger partial charge in [-0.3, -0.25) is 4.79 Å². The highest BCUT2D eigenvalue weighted by Crippen LogP contribution is 2.25. The van der Waals surface area contributed by atoms with E-state index in [2.05, 4.69) is 15.4 Å². The highest BCUT2D eigenvalue weighted by Gasteiger charge is 2.15. The number of hydrogen-bond acceptors (Lipinski definition) is 4. The van der Waals surface area contributed by atoms with Gasteiger partial charge in [0.2, 0.25) is 0 Å². The van der Waals surface area contributed by atoms with Crippen LogP contribution in [0.3, 0.4) is 0 Å². The highest BCUT2D eigenvalue weighted by atomic mass is 35.5. The van der Waals surface area contributed by atoms with Gasteiger partial charge in [0.15, 0.2) is 11.3 Å². The third kappa shape index (κ3) is 3.24. The molecule has 0 saturated carbocycles. The molecule has 0 aliphatic rings. The summed E-state index contributed by atoms with van der Waals surface area (Å²) in [6.45, 7) is 0. The molecule has 4 aromatic rings. The van der Waals surface area contributed by atoms with Crippen molar-refractivity contribution in [2.75, 3.05) is 5.32 Å². The Kier molecular flexibility index (Phi) is 4.17. The molecule has 3 aromatic heterocycles. The second-order valence-electron chi connectivity index (χ2n) is 5.22. The van der Waals surface area contributed by atoms with Crippen molar-refractivity contribution in [2.24, 2.45) is 0 Å². The standard InChI is InChI=1S/C17H10Cl2N4OS/c18-10-6-11(19)8-12(7-10)21-17(24)13-9-16-20-4-3-14(23(16)22-13)15-2-1-5-25-15/h1-9H,(H,21,24). The zero-order valence-corrected chi connectivity index (χ0v) is 14.9. The third-order valence-electron chi connectivity index (χ3n) is 3.48. The van der Waals surface area contributed by atoms with Crippen LogP contribution in [0.1, 0.15) is 10.5 Å². The average molecular weight is 389 g/mol. The molecule has 0 spiro atoms. The number of carbonyl (C=O) groups excluding carboxylic acids is 1. The summed E-state index contributed by atoms with van der Waals surface area (Å²) in [5.74, 6) is -0.360. The van der Waals surface area contributed by atoms with E-state index in [-0.39, 0.29) is 11.6 Å².